The number of nitrogen functional groups attached to an aromatic ring is 2. The third kappa shape index (κ3) is 3.68. The highest BCUT2D eigenvalue weighted by Gasteiger charge is 2.27. The third-order valence-electron chi connectivity index (χ3n) is 6.39. The number of fused-ring (bicyclic) bond motifs is 2. The predicted molar refractivity (Wildman–Crippen MR) is 141 cm³/mol. The van der Waals surface area contributed by atoms with Gasteiger partial charge in [-0.1, -0.05) is 36.4 Å². The molecule has 4 N–H and O–H groups in total. The first-order chi connectivity index (χ1) is 17.9. The Hall–Kier alpha value is -5.05. The van der Waals surface area contributed by atoms with Crippen molar-refractivity contribution in [2.45, 2.75) is 13.0 Å². The Morgan fingerprint density at radius 2 is 1.73 bits per heavy atom. The van der Waals surface area contributed by atoms with E-state index in [0.29, 0.717) is 44.7 Å². The molecule has 0 radical (unpaired) electrons. The lowest BCUT2D eigenvalue weighted by atomic mass is 9.99. The molecule has 0 bridgehead atoms. The maximum atomic E-state index is 14.2. The van der Waals surface area contributed by atoms with Crippen LogP contribution in [0.15, 0.2) is 88.3 Å². The van der Waals surface area contributed by atoms with Gasteiger partial charge in [0.15, 0.2) is 5.65 Å². The lowest BCUT2D eigenvalue weighted by Gasteiger charge is -2.17. The number of rotatable bonds is 4. The van der Waals surface area contributed by atoms with Crippen LogP contribution in [0.3, 0.4) is 0 Å². The van der Waals surface area contributed by atoms with E-state index in [4.69, 9.17) is 21.0 Å². The quantitative estimate of drug-likeness (QED) is 0.325. The summed E-state index contributed by atoms with van der Waals surface area (Å²) in [6.45, 7) is 1.84. The summed E-state index contributed by atoms with van der Waals surface area (Å²) in [7, 11) is 0. The van der Waals surface area contributed by atoms with Gasteiger partial charge < -0.3 is 15.9 Å². The van der Waals surface area contributed by atoms with Crippen molar-refractivity contribution < 1.29 is 8.81 Å². The lowest BCUT2D eigenvalue weighted by Crippen LogP contribution is -2.16. The van der Waals surface area contributed by atoms with Crippen LogP contribution in [0.25, 0.3) is 44.4 Å². The van der Waals surface area contributed by atoms with Crippen molar-refractivity contribution in [1.29, 1.82) is 0 Å². The first kappa shape index (κ1) is 22.4. The van der Waals surface area contributed by atoms with Crippen molar-refractivity contribution in [1.82, 2.24) is 19.7 Å². The van der Waals surface area contributed by atoms with Gasteiger partial charge in [-0.25, -0.2) is 19.0 Å². The second kappa shape index (κ2) is 8.56. The lowest BCUT2D eigenvalue weighted by molar-refractivity contribution is 0.446. The SMILES string of the molecule is CC(c1oc2ccccc2c(=O)c1-c1cccc(F)c1)n1nc(-c2ccc(N)cc2)c2c(N)ncnc21. The normalized spacial score (nSPS) is 12.3. The van der Waals surface area contributed by atoms with Crippen molar-refractivity contribution in [3.63, 3.8) is 0 Å². The second-order valence-electron chi connectivity index (χ2n) is 8.73. The van der Waals surface area contributed by atoms with E-state index in [1.54, 1.807) is 53.2 Å². The molecule has 8 nitrogen and oxygen atoms in total. The third-order valence-corrected chi connectivity index (χ3v) is 6.39. The first-order valence-electron chi connectivity index (χ1n) is 11.6. The molecule has 6 rings (SSSR count). The van der Waals surface area contributed by atoms with Gasteiger partial charge >= 0.3 is 0 Å². The fraction of sp³-hybridized carbons (Fsp3) is 0.0714. The molecule has 9 heteroatoms. The Balaban J connectivity index is 1.64. The van der Waals surface area contributed by atoms with E-state index in [1.165, 1.54) is 18.5 Å². The Kier molecular flexibility index (Phi) is 5.19. The van der Waals surface area contributed by atoms with Crippen LogP contribution < -0.4 is 16.9 Å². The fourth-order valence-corrected chi connectivity index (χ4v) is 4.59. The van der Waals surface area contributed by atoms with Gasteiger partial charge in [0.25, 0.3) is 0 Å². The zero-order valence-electron chi connectivity index (χ0n) is 19.7. The minimum absolute atomic E-state index is 0.255. The number of benzene rings is 3. The van der Waals surface area contributed by atoms with Crippen molar-refractivity contribution in [2.24, 2.45) is 0 Å². The molecule has 0 fully saturated rings. The Labute approximate surface area is 210 Å². The largest absolute Gasteiger partial charge is 0.458 e. The van der Waals surface area contributed by atoms with Gasteiger partial charge in [0, 0.05) is 11.3 Å². The molecule has 1 unspecified atom stereocenters. The number of hydrogen-bond donors (Lipinski definition) is 2. The molecule has 0 amide bonds. The summed E-state index contributed by atoms with van der Waals surface area (Å²) < 4.78 is 22.2. The van der Waals surface area contributed by atoms with Gasteiger partial charge in [0.1, 0.15) is 41.0 Å². The topological polar surface area (TPSA) is 126 Å². The zero-order chi connectivity index (χ0) is 25.7. The van der Waals surface area contributed by atoms with E-state index in [2.05, 4.69) is 9.97 Å². The molecule has 182 valence electrons. The summed E-state index contributed by atoms with van der Waals surface area (Å²) in [5.41, 5.74) is 15.4. The Morgan fingerprint density at radius 1 is 0.946 bits per heavy atom. The van der Waals surface area contributed by atoms with E-state index in [9.17, 15) is 9.18 Å². The van der Waals surface area contributed by atoms with Crippen LogP contribution in [0.1, 0.15) is 18.7 Å². The molecule has 0 saturated carbocycles. The summed E-state index contributed by atoms with van der Waals surface area (Å²) in [6.07, 6.45) is 1.36. The molecule has 6 aromatic rings. The monoisotopic (exact) mass is 492 g/mol. The van der Waals surface area contributed by atoms with Crippen LogP contribution in [0.2, 0.25) is 0 Å². The highest BCUT2D eigenvalue weighted by molar-refractivity contribution is 5.98. The van der Waals surface area contributed by atoms with Crippen LogP contribution in [0.4, 0.5) is 15.9 Å². The summed E-state index contributed by atoms with van der Waals surface area (Å²) in [5, 5.41) is 5.81. The Morgan fingerprint density at radius 3 is 2.51 bits per heavy atom. The van der Waals surface area contributed by atoms with E-state index in [0.717, 1.165) is 5.56 Å². The minimum atomic E-state index is -0.616. The van der Waals surface area contributed by atoms with Crippen LogP contribution in [0, 0.1) is 5.82 Å². The molecule has 3 heterocycles. The van der Waals surface area contributed by atoms with Crippen molar-refractivity contribution in [3.05, 3.63) is 101 Å². The molecular weight excluding hydrogens is 471 g/mol. The maximum absolute atomic E-state index is 14.2. The molecule has 1 atom stereocenters. The number of anilines is 2. The average Bonchev–Trinajstić information content (AvgIpc) is 3.29. The van der Waals surface area contributed by atoms with Gasteiger partial charge in [-0.05, 0) is 48.9 Å². The smallest absolute Gasteiger partial charge is 0.200 e. The van der Waals surface area contributed by atoms with Gasteiger partial charge in [0.2, 0.25) is 5.43 Å². The number of hydrogen-bond acceptors (Lipinski definition) is 7. The van der Waals surface area contributed by atoms with Crippen molar-refractivity contribution in [2.75, 3.05) is 11.5 Å². The maximum Gasteiger partial charge on any atom is 0.200 e. The highest BCUT2D eigenvalue weighted by Crippen LogP contribution is 2.36. The minimum Gasteiger partial charge on any atom is -0.458 e. The van der Waals surface area contributed by atoms with E-state index >= 15 is 0 Å². The summed E-state index contributed by atoms with van der Waals surface area (Å²) in [6, 6.07) is 19.5. The number of nitrogens with two attached hydrogens (primary N) is 2. The van der Waals surface area contributed by atoms with Crippen LogP contribution in [-0.2, 0) is 0 Å². The number of para-hydroxylation sites is 1. The van der Waals surface area contributed by atoms with Crippen molar-refractivity contribution in [3.8, 4) is 22.4 Å². The zero-order valence-corrected chi connectivity index (χ0v) is 19.7. The molecule has 3 aromatic heterocycles. The van der Waals surface area contributed by atoms with Crippen LogP contribution in [0.5, 0.6) is 0 Å². The molecule has 0 saturated heterocycles. The average molecular weight is 493 g/mol. The molecule has 0 aliphatic heterocycles. The van der Waals surface area contributed by atoms with E-state index < -0.39 is 11.9 Å². The molecule has 3 aromatic carbocycles. The predicted octanol–water partition coefficient (Wildman–Crippen LogP) is 5.18. The summed E-state index contributed by atoms with van der Waals surface area (Å²) in [5.74, 6) is 0.125. The van der Waals surface area contributed by atoms with Crippen molar-refractivity contribution >= 4 is 33.5 Å². The first-order valence-corrected chi connectivity index (χ1v) is 11.6. The van der Waals surface area contributed by atoms with Gasteiger partial charge in [-0.3, -0.25) is 4.79 Å². The highest BCUT2D eigenvalue weighted by atomic mass is 19.1. The van der Waals surface area contributed by atoms with Gasteiger partial charge in [0.05, 0.1) is 16.3 Å². The van der Waals surface area contributed by atoms with Crippen LogP contribution >= 0.6 is 0 Å². The Bertz CT molecular complexity index is 1860. The fourth-order valence-electron chi connectivity index (χ4n) is 4.59. The number of nitrogens with zero attached hydrogens (tertiary/aromatic N) is 4. The van der Waals surface area contributed by atoms with E-state index in [-0.39, 0.29) is 16.8 Å². The second-order valence-corrected chi connectivity index (χ2v) is 8.73. The molecular formula is C28H21FN6O2. The van der Waals surface area contributed by atoms with E-state index in [1.807, 2.05) is 19.1 Å². The molecule has 37 heavy (non-hydrogen) atoms. The number of aromatic nitrogens is 4. The summed E-state index contributed by atoms with van der Waals surface area (Å²) in [4.78, 5) is 22.3. The molecule has 0 aliphatic rings. The standard InChI is InChI=1S/C28H21FN6O2/c1-15(35-28-23(27(31)32-14-33-28)24(34-35)16-9-11-19(30)12-10-16)26-22(17-5-4-6-18(29)13-17)25(36)20-7-2-3-8-21(20)37-26/h2-15H,30H2,1H3,(H2,31,32,33). The van der Waals surface area contributed by atoms with Crippen LogP contribution in [-0.4, -0.2) is 19.7 Å². The number of halogens is 1. The summed E-state index contributed by atoms with van der Waals surface area (Å²) >= 11 is 0. The van der Waals surface area contributed by atoms with Gasteiger partial charge in [-0.15, -0.1) is 0 Å². The van der Waals surface area contributed by atoms with Gasteiger partial charge in [-0.2, -0.15) is 5.10 Å². The molecule has 0 spiro atoms. The molecule has 0 aliphatic carbocycles.